The molecular weight excluding hydrogens is 279 g/mol. The van der Waals surface area contributed by atoms with E-state index in [1.807, 2.05) is 0 Å². The highest BCUT2D eigenvalue weighted by molar-refractivity contribution is 6.37. The van der Waals surface area contributed by atoms with Crippen molar-refractivity contribution < 1.29 is 19.4 Å². The van der Waals surface area contributed by atoms with Crippen LogP contribution in [-0.2, 0) is 9.53 Å². The van der Waals surface area contributed by atoms with Crippen LogP contribution in [0.2, 0.25) is 10.0 Å². The smallest absolute Gasteiger partial charge is 0.335 e. The number of benzene rings is 1. The molecule has 0 saturated heterocycles. The van der Waals surface area contributed by atoms with Crippen LogP contribution in [0.5, 0.6) is 0 Å². The number of ether oxygens (including phenoxy) is 1. The first-order valence-corrected chi connectivity index (χ1v) is 5.61. The monoisotopic (exact) mass is 288 g/mol. The van der Waals surface area contributed by atoms with Crippen LogP contribution in [0, 0.1) is 0 Å². The fourth-order valence-electron chi connectivity index (χ4n) is 1.28. The van der Waals surface area contributed by atoms with Gasteiger partial charge in [-0.2, -0.15) is 0 Å². The molecule has 0 fully saturated rings. The second-order valence-corrected chi connectivity index (χ2v) is 4.29. The van der Waals surface area contributed by atoms with E-state index in [1.165, 1.54) is 25.3 Å². The standard InChI is InChI=1S/C12H10Cl2O4/c1-6(12(17)18-2)3-8-9(13)4-7(11(15)16)5-10(8)14/h3-5H,1-2H3,(H,15,16). The van der Waals surface area contributed by atoms with Crippen molar-refractivity contribution >= 4 is 41.2 Å². The fraction of sp³-hybridized carbons (Fsp3) is 0.167. The van der Waals surface area contributed by atoms with Crippen LogP contribution in [0.3, 0.4) is 0 Å². The molecule has 0 bridgehead atoms. The number of halogens is 2. The van der Waals surface area contributed by atoms with Crippen LogP contribution < -0.4 is 0 Å². The molecule has 0 amide bonds. The summed E-state index contributed by atoms with van der Waals surface area (Å²) in [6.45, 7) is 1.55. The van der Waals surface area contributed by atoms with Crippen LogP contribution in [0.4, 0.5) is 0 Å². The molecule has 1 aromatic carbocycles. The van der Waals surface area contributed by atoms with Crippen molar-refractivity contribution in [3.8, 4) is 0 Å². The maximum Gasteiger partial charge on any atom is 0.335 e. The summed E-state index contributed by atoms with van der Waals surface area (Å²) in [5.74, 6) is -1.64. The molecule has 1 aromatic rings. The number of carbonyl (C=O) groups excluding carboxylic acids is 1. The Kier molecular flexibility index (Phi) is 4.76. The zero-order valence-electron chi connectivity index (χ0n) is 9.66. The zero-order chi connectivity index (χ0) is 13.9. The van der Waals surface area contributed by atoms with Gasteiger partial charge in [0.05, 0.1) is 22.7 Å². The molecular formula is C12H10Cl2O4. The summed E-state index contributed by atoms with van der Waals surface area (Å²) in [7, 11) is 1.26. The summed E-state index contributed by atoms with van der Waals surface area (Å²) in [5.41, 5.74) is 0.675. The molecule has 96 valence electrons. The Morgan fingerprint density at radius 1 is 1.28 bits per heavy atom. The van der Waals surface area contributed by atoms with E-state index in [1.54, 1.807) is 6.92 Å². The first-order valence-electron chi connectivity index (χ1n) is 4.85. The van der Waals surface area contributed by atoms with Gasteiger partial charge in [-0.3, -0.25) is 0 Å². The quantitative estimate of drug-likeness (QED) is 0.685. The molecule has 1 rings (SSSR count). The van der Waals surface area contributed by atoms with Gasteiger partial charge in [0.25, 0.3) is 0 Å². The number of hydrogen-bond acceptors (Lipinski definition) is 3. The van der Waals surface area contributed by atoms with Gasteiger partial charge in [-0.05, 0) is 25.1 Å². The number of rotatable bonds is 3. The van der Waals surface area contributed by atoms with E-state index in [-0.39, 0.29) is 15.6 Å². The lowest BCUT2D eigenvalue weighted by molar-refractivity contribution is -0.135. The first-order chi connectivity index (χ1) is 8.36. The highest BCUT2D eigenvalue weighted by atomic mass is 35.5. The van der Waals surface area contributed by atoms with Gasteiger partial charge in [-0.1, -0.05) is 23.2 Å². The number of esters is 1. The van der Waals surface area contributed by atoms with Crippen molar-refractivity contribution in [2.24, 2.45) is 0 Å². The van der Waals surface area contributed by atoms with Crippen molar-refractivity contribution in [3.63, 3.8) is 0 Å². The lowest BCUT2D eigenvalue weighted by Gasteiger charge is -2.05. The van der Waals surface area contributed by atoms with Gasteiger partial charge < -0.3 is 9.84 Å². The average molecular weight is 289 g/mol. The lowest BCUT2D eigenvalue weighted by Crippen LogP contribution is -2.02. The van der Waals surface area contributed by atoms with Gasteiger partial charge >= 0.3 is 11.9 Å². The van der Waals surface area contributed by atoms with Crippen LogP contribution in [0.15, 0.2) is 17.7 Å². The minimum atomic E-state index is -1.13. The van der Waals surface area contributed by atoms with Crippen molar-refractivity contribution in [1.29, 1.82) is 0 Å². The third-order valence-corrected chi connectivity index (χ3v) is 2.82. The fourth-order valence-corrected chi connectivity index (χ4v) is 1.88. The summed E-state index contributed by atoms with van der Waals surface area (Å²) >= 11 is 11.9. The Morgan fingerprint density at radius 3 is 2.17 bits per heavy atom. The molecule has 0 aliphatic carbocycles. The Bertz CT molecular complexity index is 512. The molecule has 1 N–H and O–H groups in total. The molecule has 0 aliphatic heterocycles. The second-order valence-electron chi connectivity index (χ2n) is 3.48. The van der Waals surface area contributed by atoms with Gasteiger partial charge in [0.2, 0.25) is 0 Å². The highest BCUT2D eigenvalue weighted by Crippen LogP contribution is 2.29. The van der Waals surface area contributed by atoms with E-state index in [9.17, 15) is 9.59 Å². The van der Waals surface area contributed by atoms with Crippen LogP contribution in [0.1, 0.15) is 22.8 Å². The van der Waals surface area contributed by atoms with E-state index in [0.29, 0.717) is 11.1 Å². The topological polar surface area (TPSA) is 63.6 Å². The molecule has 0 saturated carbocycles. The number of aromatic carboxylic acids is 1. The first kappa shape index (κ1) is 14.5. The Balaban J connectivity index is 3.27. The molecule has 0 unspecified atom stereocenters. The van der Waals surface area contributed by atoms with Gasteiger partial charge in [0.1, 0.15) is 0 Å². The van der Waals surface area contributed by atoms with Crippen molar-refractivity contribution in [1.82, 2.24) is 0 Å². The lowest BCUT2D eigenvalue weighted by atomic mass is 10.1. The van der Waals surface area contributed by atoms with E-state index in [0.717, 1.165) is 0 Å². The molecule has 0 atom stereocenters. The number of carboxylic acid groups (broad SMARTS) is 1. The molecule has 4 nitrogen and oxygen atoms in total. The predicted octanol–water partition coefficient (Wildman–Crippen LogP) is 3.27. The summed E-state index contributed by atoms with van der Waals surface area (Å²) in [4.78, 5) is 22.0. The number of carbonyl (C=O) groups is 2. The van der Waals surface area contributed by atoms with E-state index in [2.05, 4.69) is 4.74 Å². The maximum atomic E-state index is 11.2. The van der Waals surface area contributed by atoms with E-state index < -0.39 is 11.9 Å². The average Bonchev–Trinajstić information content (AvgIpc) is 2.31. The molecule has 0 spiro atoms. The van der Waals surface area contributed by atoms with Crippen molar-refractivity contribution in [2.75, 3.05) is 7.11 Å². The minimum Gasteiger partial charge on any atom is -0.478 e. The van der Waals surface area contributed by atoms with Gasteiger partial charge in [0.15, 0.2) is 0 Å². The van der Waals surface area contributed by atoms with Gasteiger partial charge in [-0.25, -0.2) is 9.59 Å². The van der Waals surface area contributed by atoms with Crippen molar-refractivity contribution in [3.05, 3.63) is 38.9 Å². The van der Waals surface area contributed by atoms with E-state index in [4.69, 9.17) is 28.3 Å². The molecule has 18 heavy (non-hydrogen) atoms. The molecule has 0 aromatic heterocycles. The number of carboxylic acids is 1. The number of methoxy groups -OCH3 is 1. The molecule has 0 heterocycles. The van der Waals surface area contributed by atoms with Crippen LogP contribution in [-0.4, -0.2) is 24.2 Å². The highest BCUT2D eigenvalue weighted by Gasteiger charge is 2.12. The summed E-state index contributed by atoms with van der Waals surface area (Å²) < 4.78 is 4.54. The van der Waals surface area contributed by atoms with E-state index >= 15 is 0 Å². The maximum absolute atomic E-state index is 11.2. The molecule has 0 radical (unpaired) electrons. The van der Waals surface area contributed by atoms with Crippen LogP contribution in [0.25, 0.3) is 6.08 Å². The molecule has 6 heteroatoms. The zero-order valence-corrected chi connectivity index (χ0v) is 11.2. The Morgan fingerprint density at radius 2 is 1.78 bits per heavy atom. The largest absolute Gasteiger partial charge is 0.478 e. The SMILES string of the molecule is COC(=O)C(C)=Cc1c(Cl)cc(C(=O)O)cc1Cl. The van der Waals surface area contributed by atoms with Gasteiger partial charge in [-0.15, -0.1) is 0 Å². The predicted molar refractivity (Wildman–Crippen MR) is 69.1 cm³/mol. The third kappa shape index (κ3) is 3.24. The number of hydrogen-bond donors (Lipinski definition) is 1. The normalized spacial score (nSPS) is 11.2. The minimum absolute atomic E-state index is 0.0159. The summed E-state index contributed by atoms with van der Waals surface area (Å²) in [6.07, 6.45) is 1.45. The molecule has 0 aliphatic rings. The third-order valence-electron chi connectivity index (χ3n) is 2.19. The summed E-state index contributed by atoms with van der Waals surface area (Å²) in [5, 5.41) is 9.14. The summed E-state index contributed by atoms with van der Waals surface area (Å²) in [6, 6.07) is 2.54. The van der Waals surface area contributed by atoms with Crippen molar-refractivity contribution in [2.45, 2.75) is 6.92 Å². The van der Waals surface area contributed by atoms with Crippen LogP contribution >= 0.6 is 23.2 Å². The second kappa shape index (κ2) is 5.89. The van der Waals surface area contributed by atoms with Gasteiger partial charge in [0, 0.05) is 11.1 Å². The Hall–Kier alpha value is -1.52. The Labute approximate surface area is 114 Å².